The minimum absolute atomic E-state index is 0.365. The topological polar surface area (TPSA) is 79.0 Å². The van der Waals surface area contributed by atoms with Crippen molar-refractivity contribution >= 4 is 11.7 Å². The normalized spacial score (nSPS) is 15.0. The van der Waals surface area contributed by atoms with Crippen molar-refractivity contribution in [3.05, 3.63) is 47.3 Å². The van der Waals surface area contributed by atoms with E-state index in [4.69, 9.17) is 0 Å². The van der Waals surface area contributed by atoms with Gasteiger partial charge in [0.25, 0.3) is 0 Å². The fourth-order valence-electron chi connectivity index (χ4n) is 3.17. The minimum atomic E-state index is -1.27. The number of nitrogens with zero attached hydrogens (tertiary/aromatic N) is 4. The van der Waals surface area contributed by atoms with Crippen LogP contribution in [0.4, 0.5) is 0 Å². The molecule has 0 N–H and O–H groups in total. The Bertz CT molecular complexity index is 839. The number of hydrogen-bond donors (Lipinski definition) is 0. The number of nitriles is 1. The molecule has 1 amide bonds. The largest absolute Gasteiger partial charge is 0.341 e. The van der Waals surface area contributed by atoms with E-state index < -0.39 is 11.7 Å². The molecule has 3 rings (SSSR count). The van der Waals surface area contributed by atoms with Crippen molar-refractivity contribution in [2.45, 2.75) is 26.7 Å². The molecule has 1 aliphatic heterocycles. The Balaban J connectivity index is 1.81. The molecule has 6 nitrogen and oxygen atoms in total. The lowest BCUT2D eigenvalue weighted by atomic mass is 9.97. The van der Waals surface area contributed by atoms with Gasteiger partial charge in [0.05, 0.1) is 17.5 Å². The summed E-state index contributed by atoms with van der Waals surface area (Å²) in [5, 5.41) is 13.7. The van der Waals surface area contributed by atoms with Crippen LogP contribution in [0.1, 0.15) is 34.6 Å². The first-order chi connectivity index (χ1) is 12.0. The Morgan fingerprint density at radius 3 is 2.32 bits per heavy atom. The fourth-order valence-corrected chi connectivity index (χ4v) is 3.17. The van der Waals surface area contributed by atoms with Gasteiger partial charge in [-0.2, -0.15) is 10.4 Å². The van der Waals surface area contributed by atoms with Crippen LogP contribution >= 0.6 is 0 Å². The molecule has 0 saturated carbocycles. The average Bonchev–Trinajstić information content (AvgIpc) is 3.25. The summed E-state index contributed by atoms with van der Waals surface area (Å²) in [5.74, 6) is -2.09. The Morgan fingerprint density at radius 2 is 1.80 bits per heavy atom. The summed E-state index contributed by atoms with van der Waals surface area (Å²) >= 11 is 0. The van der Waals surface area contributed by atoms with E-state index in [1.807, 2.05) is 26.0 Å². The molecule has 6 heteroatoms. The first-order valence-corrected chi connectivity index (χ1v) is 8.37. The number of carbonyl (C=O) groups excluding carboxylic acids is 2. The molecule has 0 aliphatic carbocycles. The maximum absolute atomic E-state index is 12.6. The lowest BCUT2D eigenvalue weighted by Gasteiger charge is -2.18. The lowest BCUT2D eigenvalue weighted by Crippen LogP contribution is -2.37. The first kappa shape index (κ1) is 16.9. The molecular weight excluding hydrogens is 316 g/mol. The number of aryl methyl sites for hydroxylation is 2. The van der Waals surface area contributed by atoms with Crippen molar-refractivity contribution in [3.63, 3.8) is 0 Å². The Labute approximate surface area is 146 Å². The molecule has 25 heavy (non-hydrogen) atoms. The van der Waals surface area contributed by atoms with E-state index in [1.54, 1.807) is 33.8 Å². The molecule has 128 valence electrons. The van der Waals surface area contributed by atoms with Crippen LogP contribution in [0, 0.1) is 31.1 Å². The molecule has 2 heterocycles. The van der Waals surface area contributed by atoms with Crippen LogP contribution in [0.25, 0.3) is 5.69 Å². The Hall–Kier alpha value is -2.94. The third kappa shape index (κ3) is 3.31. The SMILES string of the molecule is Cc1cc(C)n(-c2ccc(C(=O)C(C#N)C(=O)N3CCCC3)cc2)n1. The number of Topliss-reactive ketones (excluding diaryl/α,β-unsaturated/α-hetero) is 1. The zero-order chi connectivity index (χ0) is 18.0. The zero-order valence-corrected chi connectivity index (χ0v) is 14.4. The molecule has 0 bridgehead atoms. The van der Waals surface area contributed by atoms with Gasteiger partial charge in [-0.3, -0.25) is 9.59 Å². The first-order valence-electron chi connectivity index (χ1n) is 8.37. The minimum Gasteiger partial charge on any atom is -0.341 e. The van der Waals surface area contributed by atoms with Gasteiger partial charge >= 0.3 is 0 Å². The highest BCUT2D eigenvalue weighted by atomic mass is 16.2. The van der Waals surface area contributed by atoms with Crippen LogP contribution in [0.3, 0.4) is 0 Å². The predicted octanol–water partition coefficient (Wildman–Crippen LogP) is 2.43. The Morgan fingerprint density at radius 1 is 1.16 bits per heavy atom. The van der Waals surface area contributed by atoms with Gasteiger partial charge in [0.15, 0.2) is 11.7 Å². The molecule has 1 atom stereocenters. The van der Waals surface area contributed by atoms with Gasteiger partial charge in [-0.15, -0.1) is 0 Å². The predicted molar refractivity (Wildman–Crippen MR) is 92.3 cm³/mol. The second-order valence-electron chi connectivity index (χ2n) is 6.34. The van der Waals surface area contributed by atoms with Crippen molar-refractivity contribution in [3.8, 4) is 11.8 Å². The van der Waals surface area contributed by atoms with E-state index in [9.17, 15) is 14.9 Å². The van der Waals surface area contributed by atoms with Gasteiger partial charge in [-0.1, -0.05) is 0 Å². The number of ketones is 1. The number of amides is 1. The molecule has 0 radical (unpaired) electrons. The maximum atomic E-state index is 12.6. The van der Waals surface area contributed by atoms with Gasteiger partial charge in [0.1, 0.15) is 0 Å². The standard InChI is InChI=1S/C19H20N4O2/c1-13-11-14(2)23(21-13)16-7-5-15(6-8-16)18(24)17(12-20)19(25)22-9-3-4-10-22/h5-8,11,17H,3-4,9-10H2,1-2H3. The fraction of sp³-hybridized carbons (Fsp3) is 0.368. The highest BCUT2D eigenvalue weighted by Crippen LogP contribution is 2.18. The Kier molecular flexibility index (Phi) is 4.66. The van der Waals surface area contributed by atoms with Crippen molar-refractivity contribution in [1.29, 1.82) is 5.26 Å². The smallest absolute Gasteiger partial charge is 0.247 e. The second kappa shape index (κ2) is 6.89. The van der Waals surface area contributed by atoms with E-state index in [0.717, 1.165) is 29.9 Å². The van der Waals surface area contributed by atoms with Crippen molar-refractivity contribution < 1.29 is 9.59 Å². The molecule has 1 saturated heterocycles. The molecule has 1 aliphatic rings. The maximum Gasteiger partial charge on any atom is 0.247 e. The summed E-state index contributed by atoms with van der Waals surface area (Å²) in [7, 11) is 0. The zero-order valence-electron chi connectivity index (χ0n) is 14.4. The van der Waals surface area contributed by atoms with Crippen LogP contribution in [0.2, 0.25) is 0 Å². The van der Waals surface area contributed by atoms with E-state index in [-0.39, 0.29) is 5.91 Å². The summed E-state index contributed by atoms with van der Waals surface area (Å²) in [5.41, 5.74) is 3.11. The van der Waals surface area contributed by atoms with Gasteiger partial charge in [0.2, 0.25) is 5.91 Å². The molecule has 1 aromatic heterocycles. The van der Waals surface area contributed by atoms with Crippen LogP contribution in [0.5, 0.6) is 0 Å². The van der Waals surface area contributed by atoms with Gasteiger partial charge in [-0.25, -0.2) is 4.68 Å². The highest BCUT2D eigenvalue weighted by Gasteiger charge is 2.32. The molecule has 1 fully saturated rings. The van der Waals surface area contributed by atoms with Crippen molar-refractivity contribution in [2.24, 2.45) is 5.92 Å². The van der Waals surface area contributed by atoms with Crippen LogP contribution in [-0.4, -0.2) is 39.5 Å². The quantitative estimate of drug-likeness (QED) is 0.634. The summed E-state index contributed by atoms with van der Waals surface area (Å²) in [6, 6.07) is 10.7. The van der Waals surface area contributed by atoms with Crippen LogP contribution < -0.4 is 0 Å². The number of hydrogen-bond acceptors (Lipinski definition) is 4. The molecule has 1 aromatic carbocycles. The van der Waals surface area contributed by atoms with Gasteiger partial charge < -0.3 is 4.90 Å². The number of likely N-dealkylation sites (tertiary alicyclic amines) is 1. The lowest BCUT2D eigenvalue weighted by molar-refractivity contribution is -0.131. The molecule has 2 aromatic rings. The number of aromatic nitrogens is 2. The average molecular weight is 336 g/mol. The molecular formula is C19H20N4O2. The number of benzene rings is 1. The van der Waals surface area contributed by atoms with Crippen molar-refractivity contribution in [1.82, 2.24) is 14.7 Å². The second-order valence-corrected chi connectivity index (χ2v) is 6.34. The van der Waals surface area contributed by atoms with E-state index in [0.29, 0.717) is 18.7 Å². The van der Waals surface area contributed by atoms with E-state index in [2.05, 4.69) is 5.10 Å². The monoisotopic (exact) mass is 336 g/mol. The summed E-state index contributed by atoms with van der Waals surface area (Å²) in [6.07, 6.45) is 1.85. The molecule has 0 spiro atoms. The summed E-state index contributed by atoms with van der Waals surface area (Å²) in [6.45, 7) is 5.13. The summed E-state index contributed by atoms with van der Waals surface area (Å²) < 4.78 is 1.79. The number of carbonyl (C=O) groups is 2. The third-order valence-electron chi connectivity index (χ3n) is 4.46. The molecule has 1 unspecified atom stereocenters. The van der Waals surface area contributed by atoms with Crippen LogP contribution in [-0.2, 0) is 4.79 Å². The van der Waals surface area contributed by atoms with E-state index >= 15 is 0 Å². The third-order valence-corrected chi connectivity index (χ3v) is 4.46. The van der Waals surface area contributed by atoms with Gasteiger partial charge in [-0.05, 0) is 57.0 Å². The highest BCUT2D eigenvalue weighted by molar-refractivity contribution is 6.12. The summed E-state index contributed by atoms with van der Waals surface area (Å²) in [4.78, 5) is 26.6. The van der Waals surface area contributed by atoms with Gasteiger partial charge in [0, 0.05) is 24.3 Å². The van der Waals surface area contributed by atoms with E-state index in [1.165, 1.54) is 0 Å². The van der Waals surface area contributed by atoms with Crippen LogP contribution in [0.15, 0.2) is 30.3 Å². The number of rotatable bonds is 4. The van der Waals surface area contributed by atoms with Crippen molar-refractivity contribution in [2.75, 3.05) is 13.1 Å².